The Balaban J connectivity index is 1.50. The van der Waals surface area contributed by atoms with E-state index >= 15 is 0 Å². The van der Waals surface area contributed by atoms with Crippen molar-refractivity contribution >= 4 is 17.5 Å². The Hall–Kier alpha value is -2.77. The summed E-state index contributed by atoms with van der Waals surface area (Å²) in [6.07, 6.45) is 12.4. The molecule has 194 valence electrons. The van der Waals surface area contributed by atoms with Gasteiger partial charge in [-0.2, -0.15) is 0 Å². The Bertz CT molecular complexity index is 996. The number of nitrogens with one attached hydrogen (secondary N) is 2. The number of carbonyl (C=O) groups excluding carboxylic acids is 2. The van der Waals surface area contributed by atoms with Crippen LogP contribution in [0.1, 0.15) is 77.6 Å². The first-order chi connectivity index (χ1) is 17.6. The third-order valence-corrected chi connectivity index (χ3v) is 7.42. The smallest absolute Gasteiger partial charge is 0.258 e. The van der Waals surface area contributed by atoms with E-state index in [9.17, 15) is 9.59 Å². The van der Waals surface area contributed by atoms with Crippen LogP contribution in [-0.2, 0) is 6.54 Å². The Kier molecular flexibility index (Phi) is 9.87. The molecule has 2 aromatic rings. The third kappa shape index (κ3) is 7.37. The number of rotatable bonds is 5. The van der Waals surface area contributed by atoms with Gasteiger partial charge in [-0.1, -0.05) is 19.3 Å². The molecule has 0 radical (unpaired) electrons. The Morgan fingerprint density at radius 2 is 1.81 bits per heavy atom. The fraction of sp³-hybridized carbons (Fsp3) is 0.552. The number of nitrogens with zero attached hydrogens (tertiary/aromatic N) is 3. The van der Waals surface area contributed by atoms with Crippen molar-refractivity contribution in [1.29, 1.82) is 0 Å². The van der Waals surface area contributed by atoms with Gasteiger partial charge in [-0.05, 0) is 94.1 Å². The summed E-state index contributed by atoms with van der Waals surface area (Å²) in [5.74, 6) is 0.586. The first-order valence-corrected chi connectivity index (χ1v) is 13.6. The van der Waals surface area contributed by atoms with E-state index in [1.54, 1.807) is 24.5 Å². The van der Waals surface area contributed by atoms with E-state index in [-0.39, 0.29) is 11.8 Å². The lowest BCUT2D eigenvalue weighted by Crippen LogP contribution is -2.35. The van der Waals surface area contributed by atoms with Crippen LogP contribution in [0.25, 0.3) is 0 Å². The number of fused-ring (bicyclic) bond motifs is 1. The van der Waals surface area contributed by atoms with E-state index in [2.05, 4.69) is 27.6 Å². The van der Waals surface area contributed by atoms with Gasteiger partial charge >= 0.3 is 0 Å². The summed E-state index contributed by atoms with van der Waals surface area (Å²) in [6, 6.07) is 9.31. The highest BCUT2D eigenvalue weighted by molar-refractivity contribution is 6.06. The second-order valence-corrected chi connectivity index (χ2v) is 10.3. The van der Waals surface area contributed by atoms with Gasteiger partial charge in [0.05, 0.1) is 0 Å². The molecule has 1 saturated heterocycles. The predicted octanol–water partition coefficient (Wildman–Crippen LogP) is 4.24. The van der Waals surface area contributed by atoms with E-state index in [0.717, 1.165) is 50.0 Å². The number of piperidine rings is 1. The maximum atomic E-state index is 13.5. The van der Waals surface area contributed by atoms with Crippen LogP contribution in [0.4, 0.5) is 5.69 Å². The van der Waals surface area contributed by atoms with Gasteiger partial charge in [0.25, 0.3) is 11.8 Å². The van der Waals surface area contributed by atoms with Gasteiger partial charge in [0.1, 0.15) is 0 Å². The number of amides is 2. The van der Waals surface area contributed by atoms with Gasteiger partial charge < -0.3 is 20.4 Å². The number of pyridine rings is 1. The predicted molar refractivity (Wildman–Crippen MR) is 144 cm³/mol. The molecule has 0 aliphatic carbocycles. The quantitative estimate of drug-likeness (QED) is 0.654. The van der Waals surface area contributed by atoms with Gasteiger partial charge in [-0.3, -0.25) is 14.6 Å². The van der Waals surface area contributed by atoms with Gasteiger partial charge in [-0.15, -0.1) is 0 Å². The molecule has 1 atom stereocenters. The van der Waals surface area contributed by atoms with Gasteiger partial charge in [0, 0.05) is 55.4 Å². The molecule has 1 fully saturated rings. The van der Waals surface area contributed by atoms with Crippen molar-refractivity contribution in [2.45, 2.75) is 57.9 Å². The molecule has 3 heterocycles. The highest BCUT2D eigenvalue weighted by Crippen LogP contribution is 2.26. The second kappa shape index (κ2) is 13.5. The van der Waals surface area contributed by atoms with Crippen LogP contribution in [0, 0.1) is 5.92 Å². The van der Waals surface area contributed by atoms with Crippen LogP contribution in [0.3, 0.4) is 0 Å². The molecule has 7 heteroatoms. The van der Waals surface area contributed by atoms with Crippen LogP contribution in [0.2, 0.25) is 0 Å². The summed E-state index contributed by atoms with van der Waals surface area (Å²) in [5, 5.41) is 6.66. The first-order valence-electron chi connectivity index (χ1n) is 13.6. The summed E-state index contributed by atoms with van der Waals surface area (Å²) < 4.78 is 0. The van der Waals surface area contributed by atoms with E-state index in [1.165, 1.54) is 32.2 Å². The zero-order chi connectivity index (χ0) is 25.2. The summed E-state index contributed by atoms with van der Waals surface area (Å²) in [5.41, 5.74) is 3.15. The molecule has 1 aromatic carbocycles. The van der Waals surface area contributed by atoms with Crippen LogP contribution < -0.4 is 15.5 Å². The molecule has 4 rings (SSSR count). The van der Waals surface area contributed by atoms with Crippen molar-refractivity contribution in [2.75, 3.05) is 44.7 Å². The van der Waals surface area contributed by atoms with E-state index in [0.29, 0.717) is 36.7 Å². The number of benzene rings is 1. The van der Waals surface area contributed by atoms with Crippen molar-refractivity contribution in [3.8, 4) is 0 Å². The SMILES string of the molecule is CN1CCCC(CCNC(=O)c2ccc3c(c2)CNCCCCCCCN3C(=O)c2ccncc2)C1. The molecule has 1 unspecified atom stereocenters. The largest absolute Gasteiger partial charge is 0.352 e. The van der Waals surface area contributed by atoms with Crippen LogP contribution in [0.5, 0.6) is 0 Å². The van der Waals surface area contributed by atoms with Crippen LogP contribution in [0.15, 0.2) is 42.7 Å². The monoisotopic (exact) mass is 491 g/mol. The maximum absolute atomic E-state index is 13.5. The topological polar surface area (TPSA) is 77.6 Å². The second-order valence-electron chi connectivity index (χ2n) is 10.3. The Morgan fingerprint density at radius 1 is 1.00 bits per heavy atom. The molecule has 0 saturated carbocycles. The van der Waals surface area contributed by atoms with Gasteiger partial charge in [0.2, 0.25) is 0 Å². The molecule has 36 heavy (non-hydrogen) atoms. The van der Waals surface area contributed by atoms with E-state index < -0.39 is 0 Å². The van der Waals surface area contributed by atoms with Gasteiger partial charge in [-0.25, -0.2) is 0 Å². The van der Waals surface area contributed by atoms with Crippen molar-refractivity contribution in [2.24, 2.45) is 5.92 Å². The highest BCUT2D eigenvalue weighted by atomic mass is 16.2. The molecule has 2 amide bonds. The average molecular weight is 492 g/mol. The van der Waals surface area contributed by atoms with Crippen molar-refractivity contribution < 1.29 is 9.59 Å². The van der Waals surface area contributed by atoms with Crippen molar-refractivity contribution in [1.82, 2.24) is 20.5 Å². The fourth-order valence-corrected chi connectivity index (χ4v) is 5.39. The van der Waals surface area contributed by atoms with Crippen LogP contribution in [-0.4, -0.2) is 61.5 Å². The minimum atomic E-state index is -0.0416. The number of hydrogen-bond donors (Lipinski definition) is 2. The molecule has 0 spiro atoms. The normalized spacial score (nSPS) is 20.0. The summed E-state index contributed by atoms with van der Waals surface area (Å²) in [7, 11) is 2.17. The molecule has 0 bridgehead atoms. The minimum absolute atomic E-state index is 0.0228. The van der Waals surface area contributed by atoms with Crippen molar-refractivity contribution in [3.05, 3.63) is 59.4 Å². The Morgan fingerprint density at radius 3 is 2.64 bits per heavy atom. The number of carbonyl (C=O) groups is 2. The molecule has 2 N–H and O–H groups in total. The number of likely N-dealkylation sites (tertiary alicyclic amines) is 1. The zero-order valence-corrected chi connectivity index (χ0v) is 21.7. The Labute approximate surface area is 215 Å². The maximum Gasteiger partial charge on any atom is 0.258 e. The molecule has 2 aliphatic rings. The standard InChI is InChI=1S/C29H41N5O2/c1-33-18-7-8-23(22-33)11-17-32-28(35)25-9-10-27-26(20-25)21-31-14-5-3-2-4-6-19-34(27)29(36)24-12-15-30-16-13-24/h9-10,12-13,15-16,20,23,31H,2-8,11,14,17-19,21-22H2,1H3,(H,32,35). The third-order valence-electron chi connectivity index (χ3n) is 7.42. The van der Waals surface area contributed by atoms with Crippen molar-refractivity contribution in [3.63, 3.8) is 0 Å². The molecule has 2 aliphatic heterocycles. The number of aromatic nitrogens is 1. The summed E-state index contributed by atoms with van der Waals surface area (Å²) >= 11 is 0. The summed E-state index contributed by atoms with van der Waals surface area (Å²) in [4.78, 5) is 34.9. The lowest BCUT2D eigenvalue weighted by atomic mass is 9.95. The average Bonchev–Trinajstić information content (AvgIpc) is 2.89. The molecular weight excluding hydrogens is 450 g/mol. The highest BCUT2D eigenvalue weighted by Gasteiger charge is 2.22. The molecule has 1 aromatic heterocycles. The van der Waals surface area contributed by atoms with E-state index in [4.69, 9.17) is 0 Å². The van der Waals surface area contributed by atoms with Crippen LogP contribution >= 0.6 is 0 Å². The van der Waals surface area contributed by atoms with Gasteiger partial charge in [0.15, 0.2) is 0 Å². The zero-order valence-electron chi connectivity index (χ0n) is 21.7. The summed E-state index contributed by atoms with van der Waals surface area (Å²) in [6.45, 7) is 5.21. The van der Waals surface area contributed by atoms with E-state index in [1.807, 2.05) is 23.1 Å². The molecular formula is C29H41N5O2. The fourth-order valence-electron chi connectivity index (χ4n) is 5.39. The first kappa shape index (κ1) is 26.3. The molecule has 7 nitrogen and oxygen atoms in total. The lowest BCUT2D eigenvalue weighted by Gasteiger charge is -2.29. The minimum Gasteiger partial charge on any atom is -0.352 e. The number of anilines is 1. The lowest BCUT2D eigenvalue weighted by molar-refractivity contribution is 0.0947. The number of hydrogen-bond acceptors (Lipinski definition) is 5.